The zero-order chi connectivity index (χ0) is 13.8. The van der Waals surface area contributed by atoms with Crippen molar-refractivity contribution in [2.45, 2.75) is 33.7 Å². The van der Waals surface area contributed by atoms with Gasteiger partial charge in [0.15, 0.2) is 5.82 Å². The van der Waals surface area contributed by atoms with Gasteiger partial charge in [0.1, 0.15) is 0 Å². The lowest BCUT2D eigenvalue weighted by Crippen LogP contribution is -2.01. The Hall–Kier alpha value is -1.55. The summed E-state index contributed by atoms with van der Waals surface area (Å²) in [5.74, 6) is 1.87. The van der Waals surface area contributed by atoms with Crippen LogP contribution in [0.25, 0.3) is 0 Å². The van der Waals surface area contributed by atoms with E-state index in [1.807, 2.05) is 25.1 Å². The van der Waals surface area contributed by atoms with E-state index in [9.17, 15) is 0 Å². The zero-order valence-electron chi connectivity index (χ0n) is 11.4. The van der Waals surface area contributed by atoms with Crippen LogP contribution in [0.5, 0.6) is 0 Å². The minimum absolute atomic E-state index is 0.504. The number of rotatable bonds is 5. The van der Waals surface area contributed by atoms with Gasteiger partial charge < -0.3 is 9.84 Å². The quantitative estimate of drug-likeness (QED) is 0.903. The number of aromatic nitrogens is 2. The molecular formula is C14H18ClN3O. The smallest absolute Gasteiger partial charge is 0.245 e. The fraction of sp³-hybridized carbons (Fsp3) is 0.429. The lowest BCUT2D eigenvalue weighted by molar-refractivity contribution is 0.375. The van der Waals surface area contributed by atoms with Crippen molar-refractivity contribution in [1.82, 2.24) is 10.1 Å². The third-order valence-electron chi connectivity index (χ3n) is 2.72. The molecule has 4 nitrogen and oxygen atoms in total. The second-order valence-electron chi connectivity index (χ2n) is 5.02. The lowest BCUT2D eigenvalue weighted by atomic mass is 10.1. The van der Waals surface area contributed by atoms with Gasteiger partial charge in [-0.1, -0.05) is 36.7 Å². The van der Waals surface area contributed by atoms with Crippen LogP contribution in [0, 0.1) is 12.8 Å². The first-order chi connectivity index (χ1) is 9.04. The van der Waals surface area contributed by atoms with Crippen LogP contribution < -0.4 is 5.32 Å². The molecule has 19 heavy (non-hydrogen) atoms. The number of hydrogen-bond donors (Lipinski definition) is 1. The Balaban J connectivity index is 1.94. The molecule has 1 aromatic heterocycles. The maximum atomic E-state index is 6.07. The van der Waals surface area contributed by atoms with Gasteiger partial charge in [-0.3, -0.25) is 0 Å². The van der Waals surface area contributed by atoms with Gasteiger partial charge in [0, 0.05) is 17.1 Å². The molecule has 0 saturated carbocycles. The maximum absolute atomic E-state index is 6.07. The van der Waals surface area contributed by atoms with E-state index in [4.69, 9.17) is 16.1 Å². The van der Waals surface area contributed by atoms with E-state index < -0.39 is 0 Å². The van der Waals surface area contributed by atoms with Crippen molar-refractivity contribution in [2.24, 2.45) is 5.92 Å². The number of hydrogen-bond acceptors (Lipinski definition) is 4. The first-order valence-corrected chi connectivity index (χ1v) is 6.74. The van der Waals surface area contributed by atoms with Crippen LogP contribution in [0.15, 0.2) is 22.7 Å². The molecule has 102 valence electrons. The molecule has 0 bridgehead atoms. The molecule has 0 saturated heterocycles. The number of nitrogens with one attached hydrogen (secondary N) is 1. The highest BCUT2D eigenvalue weighted by Gasteiger charge is 2.08. The van der Waals surface area contributed by atoms with Crippen LogP contribution in [-0.4, -0.2) is 10.1 Å². The van der Waals surface area contributed by atoms with E-state index in [-0.39, 0.29) is 0 Å². The molecular weight excluding hydrogens is 262 g/mol. The van der Waals surface area contributed by atoms with Crippen molar-refractivity contribution < 1.29 is 4.52 Å². The van der Waals surface area contributed by atoms with E-state index in [1.54, 1.807) is 0 Å². The molecule has 0 aliphatic carbocycles. The third kappa shape index (κ3) is 3.96. The molecule has 0 spiro atoms. The van der Waals surface area contributed by atoms with Crippen molar-refractivity contribution in [3.8, 4) is 0 Å². The minimum atomic E-state index is 0.504. The van der Waals surface area contributed by atoms with Crippen LogP contribution in [0.4, 0.5) is 5.69 Å². The molecule has 1 N–H and O–H groups in total. The molecule has 0 fully saturated rings. The standard InChI is InChI=1S/C14H18ClN3O/c1-9(2)6-13-17-14(19-18-13)8-16-11-5-4-10(3)12(15)7-11/h4-5,7,9,16H,6,8H2,1-3H3. The summed E-state index contributed by atoms with van der Waals surface area (Å²) in [6.45, 7) is 6.73. The minimum Gasteiger partial charge on any atom is -0.376 e. The predicted octanol–water partition coefficient (Wildman–Crippen LogP) is 3.84. The van der Waals surface area contributed by atoms with Crippen molar-refractivity contribution in [3.63, 3.8) is 0 Å². The van der Waals surface area contributed by atoms with Gasteiger partial charge in [0.05, 0.1) is 6.54 Å². The summed E-state index contributed by atoms with van der Waals surface area (Å²) >= 11 is 6.07. The molecule has 0 radical (unpaired) electrons. The van der Waals surface area contributed by atoms with Gasteiger partial charge in [-0.25, -0.2) is 0 Å². The average molecular weight is 280 g/mol. The molecule has 1 aromatic carbocycles. The monoisotopic (exact) mass is 279 g/mol. The topological polar surface area (TPSA) is 51.0 Å². The highest BCUT2D eigenvalue weighted by atomic mass is 35.5. The van der Waals surface area contributed by atoms with Crippen LogP contribution in [0.2, 0.25) is 5.02 Å². The van der Waals surface area contributed by atoms with Gasteiger partial charge in [-0.15, -0.1) is 0 Å². The van der Waals surface area contributed by atoms with Crippen LogP contribution in [-0.2, 0) is 13.0 Å². The van der Waals surface area contributed by atoms with Crippen LogP contribution >= 0.6 is 11.6 Å². The van der Waals surface area contributed by atoms with Crippen LogP contribution in [0.3, 0.4) is 0 Å². The summed E-state index contributed by atoms with van der Waals surface area (Å²) in [7, 11) is 0. The highest BCUT2D eigenvalue weighted by molar-refractivity contribution is 6.31. The number of halogens is 1. The lowest BCUT2D eigenvalue weighted by Gasteiger charge is -2.05. The molecule has 2 rings (SSSR count). The Morgan fingerprint density at radius 1 is 1.37 bits per heavy atom. The number of benzene rings is 1. The van der Waals surface area contributed by atoms with Crippen LogP contribution in [0.1, 0.15) is 31.1 Å². The van der Waals surface area contributed by atoms with Gasteiger partial charge in [-0.2, -0.15) is 4.98 Å². The molecule has 0 atom stereocenters. The second kappa shape index (κ2) is 6.06. The Kier molecular flexibility index (Phi) is 4.43. The van der Waals surface area contributed by atoms with Gasteiger partial charge in [0.2, 0.25) is 5.89 Å². The summed E-state index contributed by atoms with van der Waals surface area (Å²) < 4.78 is 5.18. The Bertz CT molecular complexity index is 551. The molecule has 5 heteroatoms. The summed E-state index contributed by atoms with van der Waals surface area (Å²) in [6.07, 6.45) is 0.833. The number of anilines is 1. The first-order valence-electron chi connectivity index (χ1n) is 6.36. The van der Waals surface area contributed by atoms with Crippen molar-refractivity contribution in [2.75, 3.05) is 5.32 Å². The maximum Gasteiger partial charge on any atom is 0.245 e. The molecule has 2 aromatic rings. The summed E-state index contributed by atoms with van der Waals surface area (Å²) in [5, 5.41) is 7.91. The second-order valence-corrected chi connectivity index (χ2v) is 5.43. The highest BCUT2D eigenvalue weighted by Crippen LogP contribution is 2.20. The molecule has 0 aliphatic heterocycles. The van der Waals surface area contributed by atoms with E-state index in [2.05, 4.69) is 29.3 Å². The van der Waals surface area contributed by atoms with E-state index in [1.165, 1.54) is 0 Å². The Morgan fingerprint density at radius 2 is 2.16 bits per heavy atom. The van der Waals surface area contributed by atoms with Crippen molar-refractivity contribution in [3.05, 3.63) is 40.5 Å². The Morgan fingerprint density at radius 3 is 2.84 bits per heavy atom. The molecule has 1 heterocycles. The fourth-order valence-electron chi connectivity index (χ4n) is 1.69. The normalized spacial score (nSPS) is 11.0. The summed E-state index contributed by atoms with van der Waals surface area (Å²) in [5.41, 5.74) is 2.00. The largest absolute Gasteiger partial charge is 0.376 e. The van der Waals surface area contributed by atoms with Gasteiger partial charge in [0.25, 0.3) is 0 Å². The van der Waals surface area contributed by atoms with Gasteiger partial charge >= 0.3 is 0 Å². The van der Waals surface area contributed by atoms with E-state index in [0.29, 0.717) is 18.4 Å². The van der Waals surface area contributed by atoms with Crippen molar-refractivity contribution in [1.29, 1.82) is 0 Å². The van der Waals surface area contributed by atoms with Crippen molar-refractivity contribution >= 4 is 17.3 Å². The number of aryl methyl sites for hydroxylation is 1. The average Bonchev–Trinajstić information content (AvgIpc) is 2.77. The molecule has 0 amide bonds. The first kappa shape index (κ1) is 13.9. The van der Waals surface area contributed by atoms with Gasteiger partial charge in [-0.05, 0) is 30.5 Å². The zero-order valence-corrected chi connectivity index (χ0v) is 12.2. The SMILES string of the molecule is Cc1ccc(NCc2nc(CC(C)C)no2)cc1Cl. The van der Waals surface area contributed by atoms with E-state index in [0.717, 1.165) is 28.5 Å². The third-order valence-corrected chi connectivity index (χ3v) is 3.12. The number of nitrogens with zero attached hydrogens (tertiary/aromatic N) is 2. The predicted molar refractivity (Wildman–Crippen MR) is 76.4 cm³/mol. The fourth-order valence-corrected chi connectivity index (χ4v) is 1.87. The molecule has 0 aliphatic rings. The Labute approximate surface area is 118 Å². The summed E-state index contributed by atoms with van der Waals surface area (Å²) in [6, 6.07) is 5.84. The molecule has 0 unspecified atom stereocenters. The van der Waals surface area contributed by atoms with E-state index >= 15 is 0 Å². The summed E-state index contributed by atoms with van der Waals surface area (Å²) in [4.78, 5) is 4.33.